The number of nitrogens with zero attached hydrogens (tertiary/aromatic N) is 1. The second-order valence-corrected chi connectivity index (χ2v) is 6.07. The summed E-state index contributed by atoms with van der Waals surface area (Å²) in [6, 6.07) is 7.66. The number of ether oxygens (including phenoxy) is 1. The minimum absolute atomic E-state index is 0. The summed E-state index contributed by atoms with van der Waals surface area (Å²) in [7, 11) is 3.47. The maximum absolute atomic E-state index is 12.3. The van der Waals surface area contributed by atoms with Crippen LogP contribution in [-0.4, -0.2) is 50.5 Å². The van der Waals surface area contributed by atoms with Crippen molar-refractivity contribution in [2.45, 2.75) is 25.8 Å². The highest BCUT2D eigenvalue weighted by Gasteiger charge is 2.26. The summed E-state index contributed by atoms with van der Waals surface area (Å²) in [5, 5.41) is 5.98. The van der Waals surface area contributed by atoms with Gasteiger partial charge in [0.15, 0.2) is 0 Å². The molecule has 0 saturated carbocycles. The van der Waals surface area contributed by atoms with Crippen molar-refractivity contribution in [2.75, 3.05) is 33.8 Å². The molecular formula is C18H28ClN3O3. The number of likely N-dealkylation sites (tertiary alicyclic amines) is 1. The molecule has 0 radical (unpaired) electrons. The molecule has 1 aromatic carbocycles. The van der Waals surface area contributed by atoms with Gasteiger partial charge in [0.2, 0.25) is 11.8 Å². The first-order chi connectivity index (χ1) is 11.6. The maximum atomic E-state index is 12.3. The van der Waals surface area contributed by atoms with Gasteiger partial charge >= 0.3 is 0 Å². The van der Waals surface area contributed by atoms with E-state index in [1.807, 2.05) is 36.2 Å². The molecule has 0 bridgehead atoms. The highest BCUT2D eigenvalue weighted by molar-refractivity contribution is 5.85. The Bertz CT molecular complexity index is 543. The fourth-order valence-electron chi connectivity index (χ4n) is 2.86. The lowest BCUT2D eigenvalue weighted by Gasteiger charge is -2.31. The Balaban J connectivity index is 0.00000312. The topological polar surface area (TPSA) is 70.7 Å². The molecule has 0 unspecified atom stereocenters. The summed E-state index contributed by atoms with van der Waals surface area (Å²) < 4.78 is 5.12. The molecule has 0 aliphatic carbocycles. The molecule has 0 aromatic heterocycles. The van der Waals surface area contributed by atoms with E-state index >= 15 is 0 Å². The van der Waals surface area contributed by atoms with Crippen molar-refractivity contribution in [3.8, 4) is 5.75 Å². The molecule has 25 heavy (non-hydrogen) atoms. The fraction of sp³-hybridized carbons (Fsp3) is 0.556. The molecule has 1 aliphatic rings. The molecule has 2 N–H and O–H groups in total. The van der Waals surface area contributed by atoms with Crippen LogP contribution < -0.4 is 15.4 Å². The number of piperidine rings is 1. The van der Waals surface area contributed by atoms with Crippen LogP contribution in [0, 0.1) is 5.92 Å². The van der Waals surface area contributed by atoms with Crippen LogP contribution >= 0.6 is 12.4 Å². The number of carbonyl (C=O) groups is 2. The van der Waals surface area contributed by atoms with Crippen LogP contribution in [0.4, 0.5) is 0 Å². The van der Waals surface area contributed by atoms with Gasteiger partial charge < -0.3 is 20.3 Å². The number of halogens is 1. The number of carbonyl (C=O) groups excluding carboxylic acids is 2. The standard InChI is InChI=1S/C18H27N3O3.ClH/c1-19-10-7-17(22)21-11-8-15(9-12-21)18(23)20-13-14-3-5-16(24-2)6-4-14;/h3-6,15,19H,7-13H2,1-2H3,(H,20,23);1H. The van der Waals surface area contributed by atoms with Gasteiger partial charge in [-0.05, 0) is 37.6 Å². The largest absolute Gasteiger partial charge is 0.497 e. The van der Waals surface area contributed by atoms with Crippen LogP contribution in [0.5, 0.6) is 5.75 Å². The van der Waals surface area contributed by atoms with Crippen LogP contribution in [0.1, 0.15) is 24.8 Å². The second-order valence-electron chi connectivity index (χ2n) is 6.07. The van der Waals surface area contributed by atoms with E-state index in [0.717, 1.165) is 24.2 Å². The van der Waals surface area contributed by atoms with Crippen LogP contribution in [0.3, 0.4) is 0 Å². The molecule has 2 amide bonds. The Kier molecular flexibility index (Phi) is 9.31. The Morgan fingerprint density at radius 2 is 1.84 bits per heavy atom. The third-order valence-corrected chi connectivity index (χ3v) is 4.43. The normalized spacial score (nSPS) is 14.6. The van der Waals surface area contributed by atoms with Crippen LogP contribution in [-0.2, 0) is 16.1 Å². The van der Waals surface area contributed by atoms with Gasteiger partial charge in [-0.2, -0.15) is 0 Å². The third kappa shape index (κ3) is 6.55. The van der Waals surface area contributed by atoms with Crippen molar-refractivity contribution < 1.29 is 14.3 Å². The molecule has 0 atom stereocenters. The molecule has 0 spiro atoms. The number of rotatable bonds is 7. The molecule has 2 rings (SSSR count). The van der Waals surface area contributed by atoms with E-state index in [0.29, 0.717) is 32.6 Å². The average molecular weight is 370 g/mol. The fourth-order valence-corrected chi connectivity index (χ4v) is 2.86. The summed E-state index contributed by atoms with van der Waals surface area (Å²) in [6.45, 7) is 2.55. The van der Waals surface area contributed by atoms with E-state index < -0.39 is 0 Å². The van der Waals surface area contributed by atoms with E-state index in [9.17, 15) is 9.59 Å². The zero-order valence-electron chi connectivity index (χ0n) is 14.9. The van der Waals surface area contributed by atoms with Gasteiger partial charge in [-0.3, -0.25) is 9.59 Å². The average Bonchev–Trinajstić information content (AvgIpc) is 2.64. The number of methoxy groups -OCH3 is 1. The van der Waals surface area contributed by atoms with Crippen molar-refractivity contribution in [2.24, 2.45) is 5.92 Å². The van der Waals surface area contributed by atoms with Gasteiger partial charge in [0, 0.05) is 38.5 Å². The monoisotopic (exact) mass is 369 g/mol. The van der Waals surface area contributed by atoms with Gasteiger partial charge in [-0.15, -0.1) is 12.4 Å². The molecule has 1 saturated heterocycles. The van der Waals surface area contributed by atoms with E-state index in [2.05, 4.69) is 10.6 Å². The summed E-state index contributed by atoms with van der Waals surface area (Å²) in [5.41, 5.74) is 1.05. The van der Waals surface area contributed by atoms with Crippen molar-refractivity contribution in [3.63, 3.8) is 0 Å². The number of nitrogens with one attached hydrogen (secondary N) is 2. The molecule has 1 heterocycles. The van der Waals surface area contributed by atoms with Gasteiger partial charge in [0.1, 0.15) is 5.75 Å². The zero-order valence-corrected chi connectivity index (χ0v) is 15.7. The molecule has 1 aliphatic heterocycles. The number of hydrogen-bond donors (Lipinski definition) is 2. The number of amides is 2. The quantitative estimate of drug-likeness (QED) is 0.765. The Hall–Kier alpha value is -1.79. The van der Waals surface area contributed by atoms with E-state index in [-0.39, 0.29) is 30.1 Å². The predicted octanol–water partition coefficient (Wildman–Crippen LogP) is 1.58. The van der Waals surface area contributed by atoms with E-state index in [4.69, 9.17) is 4.74 Å². The van der Waals surface area contributed by atoms with Crippen molar-refractivity contribution in [1.82, 2.24) is 15.5 Å². The lowest BCUT2D eigenvalue weighted by atomic mass is 9.95. The number of benzene rings is 1. The summed E-state index contributed by atoms with van der Waals surface area (Å²) in [5.74, 6) is 1.05. The SMILES string of the molecule is CNCCC(=O)N1CCC(C(=O)NCc2ccc(OC)cc2)CC1.Cl. The highest BCUT2D eigenvalue weighted by atomic mass is 35.5. The zero-order chi connectivity index (χ0) is 17.4. The summed E-state index contributed by atoms with van der Waals surface area (Å²) in [4.78, 5) is 26.1. The van der Waals surface area contributed by atoms with Crippen molar-refractivity contribution >= 4 is 24.2 Å². The van der Waals surface area contributed by atoms with Gasteiger partial charge in [-0.1, -0.05) is 12.1 Å². The van der Waals surface area contributed by atoms with Gasteiger partial charge in [0.25, 0.3) is 0 Å². The number of hydrogen-bond acceptors (Lipinski definition) is 4. The predicted molar refractivity (Wildman–Crippen MR) is 99.9 cm³/mol. The summed E-state index contributed by atoms with van der Waals surface area (Å²) >= 11 is 0. The highest BCUT2D eigenvalue weighted by Crippen LogP contribution is 2.18. The summed E-state index contributed by atoms with van der Waals surface area (Å²) in [6.07, 6.45) is 1.99. The second kappa shape index (κ2) is 10.9. The van der Waals surface area contributed by atoms with Crippen LogP contribution in [0.25, 0.3) is 0 Å². The lowest BCUT2D eigenvalue weighted by molar-refractivity contribution is -0.135. The molecule has 7 heteroatoms. The Morgan fingerprint density at radius 1 is 1.20 bits per heavy atom. The van der Waals surface area contributed by atoms with Crippen molar-refractivity contribution in [1.29, 1.82) is 0 Å². The van der Waals surface area contributed by atoms with Crippen LogP contribution in [0.2, 0.25) is 0 Å². The minimum atomic E-state index is -0.00315. The Labute approximate surface area is 155 Å². The first-order valence-corrected chi connectivity index (χ1v) is 8.47. The van der Waals surface area contributed by atoms with Gasteiger partial charge in [-0.25, -0.2) is 0 Å². The smallest absolute Gasteiger partial charge is 0.223 e. The molecular weight excluding hydrogens is 342 g/mol. The molecule has 6 nitrogen and oxygen atoms in total. The molecule has 1 aromatic rings. The molecule has 1 fully saturated rings. The van der Waals surface area contributed by atoms with Crippen molar-refractivity contribution in [3.05, 3.63) is 29.8 Å². The van der Waals surface area contributed by atoms with E-state index in [1.165, 1.54) is 0 Å². The first-order valence-electron chi connectivity index (χ1n) is 8.47. The van der Waals surface area contributed by atoms with Crippen LogP contribution in [0.15, 0.2) is 24.3 Å². The van der Waals surface area contributed by atoms with Gasteiger partial charge in [0.05, 0.1) is 7.11 Å². The van der Waals surface area contributed by atoms with E-state index in [1.54, 1.807) is 7.11 Å². The minimum Gasteiger partial charge on any atom is -0.497 e. The third-order valence-electron chi connectivity index (χ3n) is 4.43. The molecule has 140 valence electrons. The first kappa shape index (κ1) is 21.3. The Morgan fingerprint density at radius 3 is 2.40 bits per heavy atom. The maximum Gasteiger partial charge on any atom is 0.223 e. The lowest BCUT2D eigenvalue weighted by Crippen LogP contribution is -2.43.